The second-order valence-corrected chi connectivity index (χ2v) is 11.6. The van der Waals surface area contributed by atoms with E-state index >= 15 is 0 Å². The highest BCUT2D eigenvalue weighted by Crippen LogP contribution is 2.26. The lowest BCUT2D eigenvalue weighted by atomic mass is 9.98. The van der Waals surface area contributed by atoms with Crippen LogP contribution in [0.25, 0.3) is 10.9 Å². The topological polar surface area (TPSA) is 70.8 Å². The normalized spacial score (nSPS) is 13.2. The van der Waals surface area contributed by atoms with Crippen molar-refractivity contribution in [3.05, 3.63) is 178 Å². The van der Waals surface area contributed by atoms with E-state index in [9.17, 15) is 14.0 Å². The van der Waals surface area contributed by atoms with Gasteiger partial charge < -0.3 is 4.90 Å². The van der Waals surface area contributed by atoms with Gasteiger partial charge in [-0.15, -0.1) is 0 Å². The number of aromatic nitrogens is 2. The molecule has 7 rings (SSSR count). The zero-order chi connectivity index (χ0) is 32.2. The summed E-state index contributed by atoms with van der Waals surface area (Å²) in [6, 6.07) is 39.6. The monoisotopic (exact) mass is 621 g/mol. The molecule has 0 saturated heterocycles. The molecule has 1 amide bonds. The number of rotatable bonds is 9. The van der Waals surface area contributed by atoms with Gasteiger partial charge in [-0.3, -0.25) is 24.1 Å². The van der Waals surface area contributed by atoms with Crippen molar-refractivity contribution >= 4 is 22.7 Å². The fraction of sp³-hybridized carbons (Fsp3) is 0.128. The SMILES string of the molecule is O=C1c2c(Cc3ccccc3)c3ncccc3/c(=N/N(Cc3ccccc3)Cc3ccccc3)n2C(=O)CN1Cc1ccc(F)cc1. The van der Waals surface area contributed by atoms with Crippen LogP contribution in [0.4, 0.5) is 4.39 Å². The third-order valence-corrected chi connectivity index (χ3v) is 8.28. The minimum Gasteiger partial charge on any atom is -0.324 e. The summed E-state index contributed by atoms with van der Waals surface area (Å²) in [4.78, 5) is 35.1. The standard InChI is InChI=1S/C39H32FN5O2/c40-32-20-18-31(19-21-32)24-43-27-35(46)45-37(39(43)47)34(23-28-11-4-1-5-12-28)36-33(17-10-22-41-36)38(45)42-44(25-29-13-6-2-7-14-29)26-30-15-8-3-9-16-30/h1-22H,23-27H2/b42-38-. The van der Waals surface area contributed by atoms with Crippen LogP contribution >= 0.6 is 0 Å². The van der Waals surface area contributed by atoms with Gasteiger partial charge in [0, 0.05) is 30.1 Å². The molecular weight excluding hydrogens is 589 g/mol. The number of pyridine rings is 2. The van der Waals surface area contributed by atoms with Gasteiger partial charge in [-0.1, -0.05) is 103 Å². The Labute approximate surface area is 271 Å². The first-order chi connectivity index (χ1) is 23.0. The molecule has 0 bridgehead atoms. The molecular formula is C39H32FN5O2. The number of benzene rings is 4. The van der Waals surface area contributed by atoms with Crippen molar-refractivity contribution in [2.45, 2.75) is 26.1 Å². The maximum Gasteiger partial charge on any atom is 0.272 e. The Balaban J connectivity index is 1.44. The number of amides is 1. The molecule has 3 heterocycles. The Morgan fingerprint density at radius 3 is 1.91 bits per heavy atom. The van der Waals surface area contributed by atoms with E-state index in [2.05, 4.69) is 0 Å². The molecule has 47 heavy (non-hydrogen) atoms. The highest BCUT2D eigenvalue weighted by Gasteiger charge is 2.35. The van der Waals surface area contributed by atoms with Gasteiger partial charge >= 0.3 is 0 Å². The fourth-order valence-corrected chi connectivity index (χ4v) is 6.08. The molecule has 0 spiro atoms. The van der Waals surface area contributed by atoms with E-state index in [1.165, 1.54) is 21.6 Å². The van der Waals surface area contributed by atoms with Crippen molar-refractivity contribution in [2.75, 3.05) is 6.54 Å². The number of fused-ring (bicyclic) bond motifs is 2. The van der Waals surface area contributed by atoms with Crippen LogP contribution in [-0.4, -0.2) is 37.8 Å². The third-order valence-electron chi connectivity index (χ3n) is 8.28. The molecule has 6 aromatic rings. The van der Waals surface area contributed by atoms with E-state index in [-0.39, 0.29) is 36.4 Å². The molecule has 8 heteroatoms. The van der Waals surface area contributed by atoms with Crippen LogP contribution < -0.4 is 5.49 Å². The summed E-state index contributed by atoms with van der Waals surface area (Å²) in [5.74, 6) is -0.943. The minimum atomic E-state index is -0.361. The molecule has 4 aromatic carbocycles. The molecule has 0 atom stereocenters. The van der Waals surface area contributed by atoms with Crippen molar-refractivity contribution < 1.29 is 14.0 Å². The lowest BCUT2D eigenvalue weighted by Crippen LogP contribution is -2.50. The lowest BCUT2D eigenvalue weighted by Gasteiger charge is -2.31. The average molecular weight is 622 g/mol. The predicted molar refractivity (Wildman–Crippen MR) is 178 cm³/mol. The van der Waals surface area contributed by atoms with E-state index in [1.807, 2.05) is 108 Å². The van der Waals surface area contributed by atoms with Gasteiger partial charge in [-0.05, 0) is 46.5 Å². The van der Waals surface area contributed by atoms with E-state index in [0.29, 0.717) is 41.5 Å². The van der Waals surface area contributed by atoms with Crippen molar-refractivity contribution in [1.29, 1.82) is 0 Å². The first-order valence-electron chi connectivity index (χ1n) is 15.5. The van der Waals surface area contributed by atoms with Crippen LogP contribution in [0.5, 0.6) is 0 Å². The number of carbonyl (C=O) groups excluding carboxylic acids is 2. The molecule has 7 nitrogen and oxygen atoms in total. The van der Waals surface area contributed by atoms with Crippen molar-refractivity contribution in [3.63, 3.8) is 0 Å². The summed E-state index contributed by atoms with van der Waals surface area (Å²) >= 11 is 0. The maximum absolute atomic E-state index is 14.5. The molecule has 0 aliphatic carbocycles. The van der Waals surface area contributed by atoms with Crippen LogP contribution in [0.15, 0.2) is 139 Å². The predicted octanol–water partition coefficient (Wildman–Crippen LogP) is 6.58. The molecule has 0 unspecified atom stereocenters. The Kier molecular flexibility index (Phi) is 8.39. The van der Waals surface area contributed by atoms with Gasteiger partial charge in [0.05, 0.1) is 18.6 Å². The lowest BCUT2D eigenvalue weighted by molar-refractivity contribution is 0.0599. The largest absolute Gasteiger partial charge is 0.324 e. The second-order valence-electron chi connectivity index (χ2n) is 11.6. The fourth-order valence-electron chi connectivity index (χ4n) is 6.08. The van der Waals surface area contributed by atoms with E-state index in [1.54, 1.807) is 18.3 Å². The Morgan fingerprint density at radius 2 is 1.30 bits per heavy atom. The quantitative estimate of drug-likeness (QED) is 0.171. The Hall–Kier alpha value is -5.89. The van der Waals surface area contributed by atoms with E-state index in [4.69, 9.17) is 10.1 Å². The molecule has 0 N–H and O–H groups in total. The van der Waals surface area contributed by atoms with Crippen LogP contribution in [0.3, 0.4) is 0 Å². The van der Waals surface area contributed by atoms with E-state index < -0.39 is 0 Å². The highest BCUT2D eigenvalue weighted by molar-refractivity contribution is 6.06. The average Bonchev–Trinajstić information content (AvgIpc) is 3.10. The van der Waals surface area contributed by atoms with Crippen molar-refractivity contribution in [1.82, 2.24) is 19.5 Å². The van der Waals surface area contributed by atoms with Gasteiger partial charge in [0.2, 0.25) is 0 Å². The third kappa shape index (κ3) is 6.44. The zero-order valence-electron chi connectivity index (χ0n) is 25.7. The second kappa shape index (κ2) is 13.2. The molecule has 232 valence electrons. The number of nitrogens with zero attached hydrogens (tertiary/aromatic N) is 5. The zero-order valence-corrected chi connectivity index (χ0v) is 25.7. The van der Waals surface area contributed by atoms with Crippen molar-refractivity contribution in [2.24, 2.45) is 5.10 Å². The van der Waals surface area contributed by atoms with Gasteiger partial charge in [0.1, 0.15) is 18.1 Å². The number of hydrogen-bond acceptors (Lipinski definition) is 5. The maximum atomic E-state index is 14.5. The molecule has 0 radical (unpaired) electrons. The first kappa shape index (κ1) is 29.8. The highest BCUT2D eigenvalue weighted by atomic mass is 19.1. The van der Waals surface area contributed by atoms with Crippen LogP contribution in [0.1, 0.15) is 43.1 Å². The molecule has 0 fully saturated rings. The summed E-state index contributed by atoms with van der Waals surface area (Å²) in [5, 5.41) is 7.78. The number of hydrogen-bond donors (Lipinski definition) is 0. The summed E-state index contributed by atoms with van der Waals surface area (Å²) in [7, 11) is 0. The summed E-state index contributed by atoms with van der Waals surface area (Å²) in [6.07, 6.45) is 2.10. The Bertz CT molecular complexity index is 2070. The molecule has 2 aromatic heterocycles. The summed E-state index contributed by atoms with van der Waals surface area (Å²) in [5.41, 5.74) is 5.72. The van der Waals surface area contributed by atoms with Crippen LogP contribution in [0.2, 0.25) is 0 Å². The number of carbonyl (C=O) groups is 2. The van der Waals surface area contributed by atoms with E-state index in [0.717, 1.165) is 22.3 Å². The van der Waals surface area contributed by atoms with Gasteiger partial charge in [-0.25, -0.2) is 4.39 Å². The molecule has 0 saturated carbocycles. The van der Waals surface area contributed by atoms with Crippen molar-refractivity contribution in [3.8, 4) is 0 Å². The van der Waals surface area contributed by atoms with Crippen LogP contribution in [0, 0.1) is 5.82 Å². The van der Waals surface area contributed by atoms with Gasteiger partial charge in [0.15, 0.2) is 5.49 Å². The van der Waals surface area contributed by atoms with Crippen LogP contribution in [-0.2, 0) is 26.1 Å². The number of halogens is 1. The molecule has 1 aliphatic heterocycles. The summed E-state index contributed by atoms with van der Waals surface area (Å²) < 4.78 is 15.2. The smallest absolute Gasteiger partial charge is 0.272 e. The summed E-state index contributed by atoms with van der Waals surface area (Å²) in [6.45, 7) is 0.982. The Morgan fingerprint density at radius 1 is 0.702 bits per heavy atom. The first-order valence-corrected chi connectivity index (χ1v) is 15.5. The van der Waals surface area contributed by atoms with Gasteiger partial charge in [-0.2, -0.15) is 5.10 Å². The van der Waals surface area contributed by atoms with Gasteiger partial charge in [0.25, 0.3) is 11.8 Å². The minimum absolute atomic E-state index is 0.148. The molecule has 1 aliphatic rings.